The highest BCUT2D eigenvalue weighted by molar-refractivity contribution is 5.80. The van der Waals surface area contributed by atoms with Crippen LogP contribution in [0.4, 0.5) is 0 Å². The number of fused-ring (bicyclic) bond motifs is 2. The number of nitrogens with one attached hydrogen (secondary N) is 3. The van der Waals surface area contributed by atoms with Gasteiger partial charge in [-0.05, 0) is 54.6 Å². The third-order valence-corrected chi connectivity index (χ3v) is 5.46. The van der Waals surface area contributed by atoms with Crippen molar-refractivity contribution in [2.45, 2.75) is 25.3 Å². The highest BCUT2D eigenvalue weighted by Crippen LogP contribution is 2.32. The predicted octanol–water partition coefficient (Wildman–Crippen LogP) is 3.11. The van der Waals surface area contributed by atoms with E-state index in [1.807, 2.05) is 24.4 Å². The van der Waals surface area contributed by atoms with Gasteiger partial charge in [-0.2, -0.15) is 0 Å². The first kappa shape index (κ1) is 15.4. The summed E-state index contributed by atoms with van der Waals surface area (Å²) >= 11 is 0. The molecular weight excluding hydrogens is 326 g/mol. The van der Waals surface area contributed by atoms with Gasteiger partial charge in [0, 0.05) is 30.9 Å². The lowest BCUT2D eigenvalue weighted by Crippen LogP contribution is -2.33. The van der Waals surface area contributed by atoms with Crippen molar-refractivity contribution in [3.8, 4) is 0 Å². The topological polar surface area (TPSA) is 80.6 Å². The van der Waals surface area contributed by atoms with Gasteiger partial charge in [-0.25, -0.2) is 9.78 Å². The summed E-state index contributed by atoms with van der Waals surface area (Å²) in [6.45, 7) is 2.96. The summed E-state index contributed by atoms with van der Waals surface area (Å²) < 4.78 is 0. The van der Waals surface area contributed by atoms with E-state index in [9.17, 15) is 4.79 Å². The fourth-order valence-electron chi connectivity index (χ4n) is 4.26. The average molecular weight is 347 g/mol. The quantitative estimate of drug-likeness (QED) is 0.533. The Balaban J connectivity index is 1.41. The summed E-state index contributed by atoms with van der Waals surface area (Å²) in [5, 5.41) is 1.23. The third-order valence-electron chi connectivity index (χ3n) is 5.46. The van der Waals surface area contributed by atoms with E-state index in [4.69, 9.17) is 0 Å². The molecule has 0 spiro atoms. The van der Waals surface area contributed by atoms with Crippen molar-refractivity contribution in [3.05, 3.63) is 64.3 Å². The Labute approximate surface area is 150 Å². The van der Waals surface area contributed by atoms with Crippen LogP contribution >= 0.6 is 0 Å². The zero-order chi connectivity index (χ0) is 17.5. The van der Waals surface area contributed by atoms with Crippen molar-refractivity contribution in [1.82, 2.24) is 24.8 Å². The first-order chi connectivity index (χ1) is 12.8. The van der Waals surface area contributed by atoms with Crippen LogP contribution in [-0.4, -0.2) is 37.9 Å². The predicted molar refractivity (Wildman–Crippen MR) is 102 cm³/mol. The number of benzene rings is 1. The minimum absolute atomic E-state index is 0.143. The zero-order valence-electron chi connectivity index (χ0n) is 14.5. The Morgan fingerprint density at radius 3 is 3.12 bits per heavy atom. The zero-order valence-corrected chi connectivity index (χ0v) is 14.5. The molecule has 3 N–H and O–H groups in total. The van der Waals surface area contributed by atoms with Gasteiger partial charge in [0.05, 0.1) is 11.0 Å². The van der Waals surface area contributed by atoms with E-state index in [1.165, 1.54) is 29.4 Å². The first-order valence-electron chi connectivity index (χ1n) is 9.12. The molecule has 3 aromatic heterocycles. The number of imidazole rings is 1. The monoisotopic (exact) mass is 347 g/mol. The lowest BCUT2D eigenvalue weighted by Gasteiger charge is -2.32. The molecule has 1 atom stereocenters. The fraction of sp³-hybridized carbons (Fsp3) is 0.300. The lowest BCUT2D eigenvalue weighted by molar-refractivity contribution is 0.201. The summed E-state index contributed by atoms with van der Waals surface area (Å²) in [5.74, 6) is 0.506. The number of pyridine rings is 1. The van der Waals surface area contributed by atoms with E-state index in [-0.39, 0.29) is 5.69 Å². The molecule has 1 fully saturated rings. The Kier molecular flexibility index (Phi) is 3.64. The van der Waals surface area contributed by atoms with Crippen molar-refractivity contribution in [1.29, 1.82) is 0 Å². The van der Waals surface area contributed by atoms with E-state index in [2.05, 4.69) is 43.2 Å². The number of para-hydroxylation sites is 1. The maximum absolute atomic E-state index is 11.6. The summed E-state index contributed by atoms with van der Waals surface area (Å²) in [4.78, 5) is 27.6. The number of likely N-dealkylation sites (tertiary alicyclic amines) is 1. The van der Waals surface area contributed by atoms with Crippen LogP contribution in [0.1, 0.15) is 29.9 Å². The summed E-state index contributed by atoms with van der Waals surface area (Å²) in [5.41, 5.74) is 5.16. The van der Waals surface area contributed by atoms with E-state index in [0.717, 1.165) is 36.3 Å². The molecule has 0 radical (unpaired) electrons. The van der Waals surface area contributed by atoms with E-state index in [0.29, 0.717) is 5.92 Å². The van der Waals surface area contributed by atoms with Crippen LogP contribution in [0.2, 0.25) is 0 Å². The summed E-state index contributed by atoms with van der Waals surface area (Å²) in [6, 6.07) is 10.2. The van der Waals surface area contributed by atoms with Crippen molar-refractivity contribution >= 4 is 22.1 Å². The minimum atomic E-state index is -0.143. The molecule has 6 nitrogen and oxygen atoms in total. The molecule has 4 aromatic rings. The van der Waals surface area contributed by atoms with Gasteiger partial charge in [0.15, 0.2) is 0 Å². The van der Waals surface area contributed by atoms with Crippen molar-refractivity contribution in [3.63, 3.8) is 0 Å². The number of aromatic nitrogens is 4. The van der Waals surface area contributed by atoms with E-state index < -0.39 is 0 Å². The average Bonchev–Trinajstić information content (AvgIpc) is 3.25. The molecule has 0 aliphatic carbocycles. The van der Waals surface area contributed by atoms with Crippen LogP contribution in [0.3, 0.4) is 0 Å². The minimum Gasteiger partial charge on any atom is -0.346 e. The molecule has 0 bridgehead atoms. The lowest BCUT2D eigenvalue weighted by atomic mass is 9.90. The van der Waals surface area contributed by atoms with Gasteiger partial charge in [-0.3, -0.25) is 4.90 Å². The van der Waals surface area contributed by atoms with Crippen LogP contribution in [0.5, 0.6) is 0 Å². The maximum Gasteiger partial charge on any atom is 0.323 e. The van der Waals surface area contributed by atoms with Gasteiger partial charge in [0.25, 0.3) is 0 Å². The maximum atomic E-state index is 11.6. The normalized spacial score (nSPS) is 18.7. The van der Waals surface area contributed by atoms with Crippen LogP contribution in [0, 0.1) is 0 Å². The Morgan fingerprint density at radius 2 is 2.15 bits per heavy atom. The molecule has 4 heterocycles. The Morgan fingerprint density at radius 1 is 1.19 bits per heavy atom. The second kappa shape index (κ2) is 6.14. The Bertz CT molecular complexity index is 1120. The van der Waals surface area contributed by atoms with Crippen molar-refractivity contribution in [2.24, 2.45) is 0 Å². The largest absolute Gasteiger partial charge is 0.346 e. The second-order valence-corrected chi connectivity index (χ2v) is 7.14. The first-order valence-corrected chi connectivity index (χ1v) is 9.12. The van der Waals surface area contributed by atoms with Gasteiger partial charge in [-0.15, -0.1) is 0 Å². The van der Waals surface area contributed by atoms with Crippen LogP contribution < -0.4 is 5.69 Å². The highest BCUT2D eigenvalue weighted by atomic mass is 16.1. The van der Waals surface area contributed by atoms with E-state index >= 15 is 0 Å². The molecule has 0 saturated carbocycles. The molecule has 1 aliphatic rings. The van der Waals surface area contributed by atoms with Gasteiger partial charge in [0.2, 0.25) is 0 Å². The van der Waals surface area contributed by atoms with Crippen molar-refractivity contribution in [2.75, 3.05) is 13.1 Å². The van der Waals surface area contributed by atoms with Crippen molar-refractivity contribution < 1.29 is 0 Å². The fourth-order valence-corrected chi connectivity index (χ4v) is 4.26. The molecule has 132 valence electrons. The standard InChI is InChI=1S/C20H21N5O/c26-20-23-17-7-1-4-14(18(17)24-20)12-25-9-3-5-13(11-25)16-10-22-19-15(16)6-2-8-21-19/h1-2,4,6-8,10,13H,3,5,9,11-12H2,(H,21,22)(H2,23,24,26)/t13-/m0/s1. The smallest absolute Gasteiger partial charge is 0.323 e. The molecule has 0 amide bonds. The number of hydrogen-bond acceptors (Lipinski definition) is 3. The van der Waals surface area contributed by atoms with Crippen LogP contribution in [0.15, 0.2) is 47.5 Å². The number of rotatable bonds is 3. The number of nitrogens with zero attached hydrogens (tertiary/aromatic N) is 2. The highest BCUT2D eigenvalue weighted by Gasteiger charge is 2.24. The van der Waals surface area contributed by atoms with Gasteiger partial charge in [-0.1, -0.05) is 12.1 Å². The number of hydrogen-bond donors (Lipinski definition) is 3. The molecule has 1 aromatic carbocycles. The van der Waals surface area contributed by atoms with E-state index in [1.54, 1.807) is 0 Å². The molecule has 5 rings (SSSR count). The Hall–Kier alpha value is -2.86. The molecule has 0 unspecified atom stereocenters. The van der Waals surface area contributed by atoms with Gasteiger partial charge in [0.1, 0.15) is 5.65 Å². The number of H-pyrrole nitrogens is 3. The van der Waals surface area contributed by atoms with Gasteiger partial charge < -0.3 is 15.0 Å². The molecular formula is C20H21N5O. The number of aromatic amines is 3. The molecule has 6 heteroatoms. The molecule has 1 saturated heterocycles. The SMILES string of the molecule is O=c1[nH]c2cccc(CN3CCC[C@H](c4c[nH]c5ncccc45)C3)c2[nH]1. The van der Waals surface area contributed by atoms with Crippen LogP contribution in [-0.2, 0) is 6.54 Å². The third kappa shape index (κ3) is 2.63. The summed E-state index contributed by atoms with van der Waals surface area (Å²) in [6.07, 6.45) is 6.32. The second-order valence-electron chi connectivity index (χ2n) is 7.14. The number of piperidine rings is 1. The van der Waals surface area contributed by atoms with Crippen LogP contribution in [0.25, 0.3) is 22.1 Å². The van der Waals surface area contributed by atoms with Gasteiger partial charge >= 0.3 is 5.69 Å². The summed E-state index contributed by atoms with van der Waals surface area (Å²) in [7, 11) is 0. The molecule has 1 aliphatic heterocycles. The molecule has 26 heavy (non-hydrogen) atoms.